The number of aryl methyl sites for hydroxylation is 2. The van der Waals surface area contributed by atoms with Gasteiger partial charge in [0.2, 0.25) is 0 Å². The van der Waals surface area contributed by atoms with E-state index in [0.29, 0.717) is 6.61 Å². The average Bonchev–Trinajstić information content (AvgIpc) is 3.07. The van der Waals surface area contributed by atoms with Crippen molar-refractivity contribution in [2.24, 2.45) is 0 Å². The van der Waals surface area contributed by atoms with Crippen molar-refractivity contribution in [3.63, 3.8) is 0 Å². The van der Waals surface area contributed by atoms with Gasteiger partial charge in [-0.1, -0.05) is 18.2 Å². The normalized spacial score (nSPS) is 17.0. The maximum Gasteiger partial charge on any atom is 0.253 e. The first kappa shape index (κ1) is 15.6. The highest BCUT2D eigenvalue weighted by Crippen LogP contribution is 2.25. The Balaban J connectivity index is 1.66. The molecule has 0 radical (unpaired) electrons. The lowest BCUT2D eigenvalue weighted by atomic mass is 10.1. The molecule has 1 aliphatic rings. The van der Waals surface area contributed by atoms with Gasteiger partial charge in [-0.05, 0) is 62.1 Å². The molecule has 2 N–H and O–H groups in total. The second kappa shape index (κ2) is 6.84. The highest BCUT2D eigenvalue weighted by molar-refractivity contribution is 5.94. The lowest BCUT2D eigenvalue weighted by molar-refractivity contribution is -0.124. The molecule has 0 saturated carbocycles. The summed E-state index contributed by atoms with van der Waals surface area (Å²) < 4.78 is 5.39. The number of hydrogen-bond donors (Lipinski definition) is 2. The zero-order valence-electron chi connectivity index (χ0n) is 13.6. The number of benzene rings is 2. The van der Waals surface area contributed by atoms with Gasteiger partial charge in [-0.3, -0.25) is 4.79 Å². The lowest BCUT2D eigenvalue weighted by Crippen LogP contribution is -2.26. The summed E-state index contributed by atoms with van der Waals surface area (Å²) in [5.41, 5.74) is 5.33. The van der Waals surface area contributed by atoms with Crippen LogP contribution in [0.5, 0.6) is 0 Å². The van der Waals surface area contributed by atoms with Crippen LogP contribution in [0.4, 0.5) is 17.1 Å². The van der Waals surface area contributed by atoms with Crippen LogP contribution in [0.2, 0.25) is 0 Å². The van der Waals surface area contributed by atoms with Crippen molar-refractivity contribution < 1.29 is 9.53 Å². The van der Waals surface area contributed by atoms with E-state index in [0.717, 1.165) is 29.9 Å². The molecule has 1 atom stereocenters. The van der Waals surface area contributed by atoms with Crippen LogP contribution in [0, 0.1) is 13.8 Å². The quantitative estimate of drug-likeness (QED) is 0.891. The number of carbonyl (C=O) groups excluding carboxylic acids is 1. The van der Waals surface area contributed by atoms with Crippen LogP contribution in [0.1, 0.15) is 24.0 Å². The summed E-state index contributed by atoms with van der Waals surface area (Å²) in [4.78, 5) is 12.0. The molecule has 2 aromatic rings. The summed E-state index contributed by atoms with van der Waals surface area (Å²) >= 11 is 0. The van der Waals surface area contributed by atoms with E-state index in [1.165, 1.54) is 11.1 Å². The summed E-state index contributed by atoms with van der Waals surface area (Å²) in [6.07, 6.45) is 1.46. The second-order valence-corrected chi connectivity index (χ2v) is 5.96. The van der Waals surface area contributed by atoms with Crippen LogP contribution in [-0.4, -0.2) is 18.6 Å². The molecule has 120 valence electrons. The molecule has 1 aliphatic heterocycles. The molecule has 1 saturated heterocycles. The van der Waals surface area contributed by atoms with Gasteiger partial charge in [0, 0.05) is 23.7 Å². The molecule has 4 nitrogen and oxygen atoms in total. The molecule has 0 spiro atoms. The monoisotopic (exact) mass is 310 g/mol. The van der Waals surface area contributed by atoms with Crippen LogP contribution in [0.25, 0.3) is 0 Å². The van der Waals surface area contributed by atoms with E-state index >= 15 is 0 Å². The van der Waals surface area contributed by atoms with E-state index in [4.69, 9.17) is 4.74 Å². The van der Waals surface area contributed by atoms with Crippen molar-refractivity contribution in [2.75, 3.05) is 17.2 Å². The van der Waals surface area contributed by atoms with E-state index in [2.05, 4.69) is 42.7 Å². The van der Waals surface area contributed by atoms with Crippen LogP contribution in [0.3, 0.4) is 0 Å². The lowest BCUT2D eigenvalue weighted by Gasteiger charge is -2.14. The Labute approximate surface area is 136 Å². The molecule has 2 aromatic carbocycles. The molecule has 23 heavy (non-hydrogen) atoms. The molecule has 0 aromatic heterocycles. The molecular formula is C19H22N2O2. The molecule has 0 aliphatic carbocycles. The Hall–Kier alpha value is -2.33. The Morgan fingerprint density at radius 3 is 2.30 bits per heavy atom. The van der Waals surface area contributed by atoms with Crippen molar-refractivity contribution in [1.29, 1.82) is 0 Å². The maximum absolute atomic E-state index is 12.0. The SMILES string of the molecule is Cc1cccc(C)c1Nc1ccc(NC(=O)C2CCCO2)cc1. The van der Waals surface area contributed by atoms with E-state index in [1.54, 1.807) is 0 Å². The Bertz CT molecular complexity index is 669. The molecular weight excluding hydrogens is 288 g/mol. The average molecular weight is 310 g/mol. The molecule has 0 bridgehead atoms. The molecule has 4 heteroatoms. The third-order valence-corrected chi connectivity index (χ3v) is 4.13. The first-order chi connectivity index (χ1) is 11.1. The number of amides is 1. The van der Waals surface area contributed by atoms with Crippen LogP contribution >= 0.6 is 0 Å². The highest BCUT2D eigenvalue weighted by atomic mass is 16.5. The number of hydrogen-bond acceptors (Lipinski definition) is 3. The molecule has 1 unspecified atom stereocenters. The van der Waals surface area contributed by atoms with Gasteiger partial charge in [0.05, 0.1) is 0 Å². The minimum absolute atomic E-state index is 0.0574. The van der Waals surface area contributed by atoms with Crippen molar-refractivity contribution in [2.45, 2.75) is 32.8 Å². The van der Waals surface area contributed by atoms with Crippen LogP contribution < -0.4 is 10.6 Å². The van der Waals surface area contributed by atoms with E-state index in [1.807, 2.05) is 24.3 Å². The van der Waals surface area contributed by atoms with Crippen molar-refractivity contribution in [3.05, 3.63) is 53.6 Å². The summed E-state index contributed by atoms with van der Waals surface area (Å²) in [5, 5.41) is 6.34. The highest BCUT2D eigenvalue weighted by Gasteiger charge is 2.23. The van der Waals surface area contributed by atoms with Gasteiger partial charge < -0.3 is 15.4 Å². The predicted molar refractivity (Wildman–Crippen MR) is 93.2 cm³/mol. The number of nitrogens with one attached hydrogen (secondary N) is 2. The summed E-state index contributed by atoms with van der Waals surface area (Å²) in [7, 11) is 0. The summed E-state index contributed by atoms with van der Waals surface area (Å²) in [5.74, 6) is -0.0574. The summed E-state index contributed by atoms with van der Waals surface area (Å²) in [6.45, 7) is 4.85. The van der Waals surface area contributed by atoms with E-state index < -0.39 is 0 Å². The number of para-hydroxylation sites is 1. The Kier molecular flexibility index (Phi) is 4.63. The minimum atomic E-state index is -0.303. The first-order valence-electron chi connectivity index (χ1n) is 7.99. The van der Waals surface area contributed by atoms with Crippen LogP contribution in [0.15, 0.2) is 42.5 Å². The summed E-state index contributed by atoms with van der Waals surface area (Å²) in [6, 6.07) is 14.0. The van der Waals surface area contributed by atoms with Gasteiger partial charge in [0.15, 0.2) is 0 Å². The third-order valence-electron chi connectivity index (χ3n) is 4.13. The third kappa shape index (κ3) is 3.71. The number of carbonyl (C=O) groups is 1. The van der Waals surface area contributed by atoms with Gasteiger partial charge in [-0.15, -0.1) is 0 Å². The smallest absolute Gasteiger partial charge is 0.253 e. The Morgan fingerprint density at radius 1 is 1.04 bits per heavy atom. The van der Waals surface area contributed by atoms with Crippen LogP contribution in [-0.2, 0) is 9.53 Å². The second-order valence-electron chi connectivity index (χ2n) is 5.96. The van der Waals surface area contributed by atoms with Crippen molar-refractivity contribution in [3.8, 4) is 0 Å². The molecule has 1 heterocycles. The van der Waals surface area contributed by atoms with Gasteiger partial charge >= 0.3 is 0 Å². The minimum Gasteiger partial charge on any atom is -0.368 e. The van der Waals surface area contributed by atoms with Gasteiger partial charge in [-0.25, -0.2) is 0 Å². The topological polar surface area (TPSA) is 50.4 Å². The fraction of sp³-hybridized carbons (Fsp3) is 0.316. The molecule has 3 rings (SSSR count). The number of rotatable bonds is 4. The van der Waals surface area contributed by atoms with Crippen molar-refractivity contribution in [1.82, 2.24) is 0 Å². The standard InChI is InChI=1S/C19H22N2O2/c1-13-5-3-6-14(2)18(13)20-15-8-10-16(11-9-15)21-19(22)17-7-4-12-23-17/h3,5-6,8-11,17,20H,4,7,12H2,1-2H3,(H,21,22). The fourth-order valence-electron chi connectivity index (χ4n) is 2.80. The number of anilines is 3. The fourth-order valence-corrected chi connectivity index (χ4v) is 2.80. The molecule has 1 fully saturated rings. The van der Waals surface area contributed by atoms with Crippen molar-refractivity contribution >= 4 is 23.0 Å². The zero-order valence-corrected chi connectivity index (χ0v) is 13.6. The largest absolute Gasteiger partial charge is 0.368 e. The number of ether oxygens (including phenoxy) is 1. The van der Waals surface area contributed by atoms with Gasteiger partial charge in [0.25, 0.3) is 5.91 Å². The maximum atomic E-state index is 12.0. The van der Waals surface area contributed by atoms with Gasteiger partial charge in [0.1, 0.15) is 6.10 Å². The zero-order chi connectivity index (χ0) is 16.2. The van der Waals surface area contributed by atoms with E-state index in [9.17, 15) is 4.79 Å². The molecule has 1 amide bonds. The predicted octanol–water partition coefficient (Wildman–Crippen LogP) is 4.16. The Morgan fingerprint density at radius 2 is 1.70 bits per heavy atom. The van der Waals surface area contributed by atoms with Gasteiger partial charge in [-0.2, -0.15) is 0 Å². The van der Waals surface area contributed by atoms with E-state index in [-0.39, 0.29) is 12.0 Å². The first-order valence-corrected chi connectivity index (χ1v) is 7.99.